The molecule has 31 heavy (non-hydrogen) atoms. The lowest BCUT2D eigenvalue weighted by Gasteiger charge is -2.54. The Morgan fingerprint density at radius 2 is 1.84 bits per heavy atom. The average molecular weight is 423 g/mol. The van der Waals surface area contributed by atoms with E-state index < -0.39 is 0 Å². The normalized spacial score (nSPS) is 29.3. The SMILES string of the molecule is CCCCCn1c(=O)c(C=NC23CC4CC(CC(C4)C2)C3)c(O)c2ccc(OC)cc21. The van der Waals surface area contributed by atoms with Gasteiger partial charge in [0.1, 0.15) is 17.1 Å². The summed E-state index contributed by atoms with van der Waals surface area (Å²) in [7, 11) is 1.62. The van der Waals surface area contributed by atoms with Crippen LogP contribution in [0.4, 0.5) is 0 Å². The van der Waals surface area contributed by atoms with Crippen molar-refractivity contribution in [2.24, 2.45) is 22.7 Å². The Morgan fingerprint density at radius 1 is 1.16 bits per heavy atom. The molecule has 1 aromatic heterocycles. The minimum Gasteiger partial charge on any atom is -0.506 e. The van der Waals surface area contributed by atoms with Crippen LogP contribution in [0.5, 0.6) is 11.5 Å². The Morgan fingerprint density at radius 3 is 2.45 bits per heavy atom. The summed E-state index contributed by atoms with van der Waals surface area (Å²) in [4.78, 5) is 18.5. The highest BCUT2D eigenvalue weighted by atomic mass is 16.5. The van der Waals surface area contributed by atoms with Gasteiger partial charge < -0.3 is 14.4 Å². The van der Waals surface area contributed by atoms with Gasteiger partial charge in [-0.3, -0.25) is 9.79 Å². The van der Waals surface area contributed by atoms with Crippen LogP contribution in [-0.2, 0) is 6.54 Å². The van der Waals surface area contributed by atoms with E-state index in [-0.39, 0.29) is 16.8 Å². The second kappa shape index (κ2) is 7.99. The van der Waals surface area contributed by atoms with Gasteiger partial charge in [0.15, 0.2) is 0 Å². The molecule has 0 unspecified atom stereocenters. The Kier molecular flexibility index (Phi) is 5.31. The predicted octanol–water partition coefficient (Wildman–Crippen LogP) is 5.29. The molecule has 4 fully saturated rings. The standard InChI is InChI=1S/C26H34N2O3/c1-3-4-5-8-28-23-12-20(31-2)6-7-21(23)24(29)22(25(28)30)16-27-26-13-17-9-18(14-26)11-19(10-17)15-26/h6-7,12,16-19,29H,3-5,8-11,13-15H2,1-2H3. The molecule has 4 bridgehead atoms. The number of methoxy groups -OCH3 is 1. The van der Waals surface area contributed by atoms with Crippen LogP contribution in [0.3, 0.4) is 0 Å². The number of aryl methyl sites for hydroxylation is 1. The predicted molar refractivity (Wildman–Crippen MR) is 124 cm³/mol. The second-order valence-electron chi connectivity index (χ2n) is 10.2. The van der Waals surface area contributed by atoms with E-state index in [1.807, 2.05) is 18.2 Å². The molecule has 2 aromatic rings. The molecule has 5 heteroatoms. The molecule has 5 nitrogen and oxygen atoms in total. The Balaban J connectivity index is 1.57. The number of pyridine rings is 1. The molecule has 0 spiro atoms. The molecular weight excluding hydrogens is 388 g/mol. The lowest BCUT2D eigenvalue weighted by atomic mass is 9.53. The van der Waals surface area contributed by atoms with Crippen LogP contribution in [0.1, 0.15) is 70.3 Å². The molecule has 4 aliphatic rings. The maximum atomic E-state index is 13.5. The summed E-state index contributed by atoms with van der Waals surface area (Å²) >= 11 is 0. The van der Waals surface area contributed by atoms with E-state index in [0.717, 1.165) is 61.8 Å². The fraction of sp³-hybridized carbons (Fsp3) is 0.615. The van der Waals surface area contributed by atoms with Gasteiger partial charge in [-0.25, -0.2) is 0 Å². The fourth-order valence-electron chi connectivity index (χ4n) is 6.85. The number of aliphatic imine (C=N–C) groups is 1. The lowest BCUT2D eigenvalue weighted by Crippen LogP contribution is -2.49. The number of aromatic nitrogens is 1. The molecule has 6 rings (SSSR count). The van der Waals surface area contributed by atoms with Gasteiger partial charge in [0.05, 0.1) is 18.2 Å². The third-order valence-corrected chi connectivity index (χ3v) is 7.94. The average Bonchev–Trinajstić information content (AvgIpc) is 2.74. The van der Waals surface area contributed by atoms with Gasteiger partial charge in [-0.05, 0) is 74.8 Å². The number of rotatable bonds is 7. The van der Waals surface area contributed by atoms with Crippen LogP contribution >= 0.6 is 0 Å². The van der Waals surface area contributed by atoms with Crippen molar-refractivity contribution in [1.82, 2.24) is 4.57 Å². The minimum absolute atomic E-state index is 0.0183. The maximum Gasteiger partial charge on any atom is 0.263 e. The number of nitrogens with zero attached hydrogens (tertiary/aromatic N) is 2. The number of fused-ring (bicyclic) bond motifs is 1. The highest BCUT2D eigenvalue weighted by molar-refractivity contribution is 5.95. The van der Waals surface area contributed by atoms with E-state index in [9.17, 15) is 9.90 Å². The summed E-state index contributed by atoms with van der Waals surface area (Å²) < 4.78 is 7.17. The van der Waals surface area contributed by atoms with Gasteiger partial charge >= 0.3 is 0 Å². The Bertz CT molecular complexity index is 1030. The molecule has 0 radical (unpaired) electrons. The van der Waals surface area contributed by atoms with Gasteiger partial charge in [-0.15, -0.1) is 0 Å². The first-order valence-corrected chi connectivity index (χ1v) is 12.0. The first-order valence-electron chi connectivity index (χ1n) is 12.0. The third-order valence-electron chi connectivity index (χ3n) is 7.94. The number of unbranched alkanes of at least 4 members (excludes halogenated alkanes) is 2. The lowest BCUT2D eigenvalue weighted by molar-refractivity contribution is 0.00194. The number of aromatic hydroxyl groups is 1. The Hall–Kier alpha value is -2.30. The largest absolute Gasteiger partial charge is 0.506 e. The zero-order valence-electron chi connectivity index (χ0n) is 18.8. The van der Waals surface area contributed by atoms with E-state index in [2.05, 4.69) is 6.92 Å². The van der Waals surface area contributed by atoms with Crippen molar-refractivity contribution >= 4 is 17.1 Å². The monoisotopic (exact) mass is 422 g/mol. The molecule has 4 saturated carbocycles. The smallest absolute Gasteiger partial charge is 0.263 e. The summed E-state index contributed by atoms with van der Waals surface area (Å²) in [5, 5.41) is 11.7. The summed E-state index contributed by atoms with van der Waals surface area (Å²) in [5.41, 5.74) is 0.896. The van der Waals surface area contributed by atoms with Crippen molar-refractivity contribution in [3.8, 4) is 11.5 Å². The topological polar surface area (TPSA) is 63.8 Å². The van der Waals surface area contributed by atoms with Crippen LogP contribution in [0, 0.1) is 17.8 Å². The van der Waals surface area contributed by atoms with Crippen molar-refractivity contribution in [2.45, 2.75) is 76.8 Å². The fourth-order valence-corrected chi connectivity index (χ4v) is 6.85. The molecule has 1 heterocycles. The van der Waals surface area contributed by atoms with E-state index in [1.54, 1.807) is 17.9 Å². The molecule has 0 amide bonds. The summed E-state index contributed by atoms with van der Waals surface area (Å²) in [6, 6.07) is 5.53. The van der Waals surface area contributed by atoms with Gasteiger partial charge in [0.25, 0.3) is 5.56 Å². The highest BCUT2D eigenvalue weighted by Gasteiger charge is 2.50. The molecule has 0 aliphatic heterocycles. The van der Waals surface area contributed by atoms with Crippen LogP contribution in [-0.4, -0.2) is 28.5 Å². The first-order chi connectivity index (χ1) is 15.0. The second-order valence-corrected chi connectivity index (χ2v) is 10.2. The highest BCUT2D eigenvalue weighted by Crippen LogP contribution is 2.57. The number of hydrogen-bond acceptors (Lipinski definition) is 4. The molecule has 0 atom stereocenters. The van der Waals surface area contributed by atoms with E-state index in [0.29, 0.717) is 23.2 Å². The number of benzene rings is 1. The van der Waals surface area contributed by atoms with Gasteiger partial charge in [0.2, 0.25) is 0 Å². The van der Waals surface area contributed by atoms with Crippen LogP contribution in [0.25, 0.3) is 10.9 Å². The molecule has 1 aromatic carbocycles. The van der Waals surface area contributed by atoms with Gasteiger partial charge in [-0.2, -0.15) is 0 Å². The summed E-state index contributed by atoms with van der Waals surface area (Å²) in [6.45, 7) is 2.79. The molecule has 1 N–H and O–H groups in total. The van der Waals surface area contributed by atoms with Crippen molar-refractivity contribution in [1.29, 1.82) is 0 Å². The van der Waals surface area contributed by atoms with Gasteiger partial charge in [-0.1, -0.05) is 19.8 Å². The van der Waals surface area contributed by atoms with Crippen molar-refractivity contribution in [3.63, 3.8) is 0 Å². The van der Waals surface area contributed by atoms with Crippen molar-refractivity contribution in [3.05, 3.63) is 34.1 Å². The Labute approximate surface area is 184 Å². The van der Waals surface area contributed by atoms with Crippen molar-refractivity contribution < 1.29 is 9.84 Å². The number of hydrogen-bond donors (Lipinski definition) is 1. The van der Waals surface area contributed by atoms with Crippen LogP contribution in [0.2, 0.25) is 0 Å². The van der Waals surface area contributed by atoms with E-state index in [1.165, 1.54) is 19.3 Å². The molecular formula is C26H34N2O3. The summed E-state index contributed by atoms with van der Waals surface area (Å²) in [6.07, 6.45) is 12.3. The maximum absolute atomic E-state index is 13.5. The molecule has 166 valence electrons. The third kappa shape index (κ3) is 3.66. The molecule has 0 saturated heterocycles. The quantitative estimate of drug-likeness (QED) is 0.487. The van der Waals surface area contributed by atoms with Crippen molar-refractivity contribution in [2.75, 3.05) is 7.11 Å². The molecule has 4 aliphatic carbocycles. The van der Waals surface area contributed by atoms with Crippen LogP contribution < -0.4 is 10.3 Å². The zero-order valence-corrected chi connectivity index (χ0v) is 18.8. The van der Waals surface area contributed by atoms with E-state index >= 15 is 0 Å². The van der Waals surface area contributed by atoms with E-state index in [4.69, 9.17) is 9.73 Å². The number of ether oxygens (including phenoxy) is 1. The summed E-state index contributed by atoms with van der Waals surface area (Å²) in [5.74, 6) is 3.12. The van der Waals surface area contributed by atoms with Crippen LogP contribution in [0.15, 0.2) is 28.0 Å². The first kappa shape index (κ1) is 20.6. The minimum atomic E-state index is -0.150. The zero-order chi connectivity index (χ0) is 21.6. The van der Waals surface area contributed by atoms with Gasteiger partial charge in [0, 0.05) is 24.2 Å².